The van der Waals surface area contributed by atoms with Gasteiger partial charge in [0.05, 0.1) is 23.7 Å². The highest BCUT2D eigenvalue weighted by atomic mass is 35.5. The Kier molecular flexibility index (Phi) is 7.22. The summed E-state index contributed by atoms with van der Waals surface area (Å²) in [7, 11) is 1.48. The molecule has 1 unspecified atom stereocenters. The lowest BCUT2D eigenvalue weighted by Gasteiger charge is -2.27. The highest BCUT2D eigenvalue weighted by Gasteiger charge is 2.47. The number of carbonyl (C=O) groups excluding carboxylic acids is 2. The summed E-state index contributed by atoms with van der Waals surface area (Å²) in [6.07, 6.45) is 0. The molecule has 0 saturated carbocycles. The van der Waals surface area contributed by atoms with Crippen LogP contribution in [0.4, 0.5) is 11.4 Å². The van der Waals surface area contributed by atoms with Gasteiger partial charge in [0.2, 0.25) is 0 Å². The molecular weight excluding hydrogens is 480 g/mol. The number of methoxy groups -OCH3 is 1. The van der Waals surface area contributed by atoms with Gasteiger partial charge in [-0.3, -0.25) is 14.5 Å². The molecule has 0 aliphatic carbocycles. The number of anilines is 2. The van der Waals surface area contributed by atoms with Gasteiger partial charge >= 0.3 is 0 Å². The van der Waals surface area contributed by atoms with Gasteiger partial charge in [0.25, 0.3) is 11.7 Å². The first-order valence-corrected chi connectivity index (χ1v) is 12.0. The standard InChI is InChI=1S/C28H27ClN2O5/c1-4-30(5-2)18-8-10-19(11-9-18)31-25(17-6-12-20(32)13-7-17)24(27(34)28(31)35)26(33)22-16-21(36-3)14-15-23(22)29/h6-16,25,32-33H,4-5H2,1-3H3/b26-24+. The molecule has 1 heterocycles. The molecule has 8 heteroatoms. The van der Waals surface area contributed by atoms with Crippen LogP contribution in [0.15, 0.2) is 72.3 Å². The maximum atomic E-state index is 13.4. The number of phenolic OH excluding ortho intramolecular Hbond substituents is 1. The molecule has 1 atom stereocenters. The molecule has 186 valence electrons. The average molecular weight is 507 g/mol. The van der Waals surface area contributed by atoms with Gasteiger partial charge in [-0.2, -0.15) is 0 Å². The van der Waals surface area contributed by atoms with Crippen LogP contribution in [-0.2, 0) is 9.59 Å². The average Bonchev–Trinajstić information content (AvgIpc) is 3.16. The van der Waals surface area contributed by atoms with E-state index in [2.05, 4.69) is 18.7 Å². The number of nitrogens with zero attached hydrogens (tertiary/aromatic N) is 2. The van der Waals surface area contributed by atoms with Gasteiger partial charge in [0, 0.05) is 30.0 Å². The summed E-state index contributed by atoms with van der Waals surface area (Å²) in [4.78, 5) is 30.2. The van der Waals surface area contributed by atoms with E-state index in [1.807, 2.05) is 12.1 Å². The zero-order chi connectivity index (χ0) is 26.0. The largest absolute Gasteiger partial charge is 0.508 e. The number of hydrogen-bond donors (Lipinski definition) is 2. The first-order chi connectivity index (χ1) is 17.3. The first-order valence-electron chi connectivity index (χ1n) is 11.6. The molecule has 36 heavy (non-hydrogen) atoms. The smallest absolute Gasteiger partial charge is 0.300 e. The van der Waals surface area contributed by atoms with E-state index in [9.17, 15) is 19.8 Å². The summed E-state index contributed by atoms with van der Waals surface area (Å²) in [6, 6.07) is 17.3. The number of aromatic hydroxyl groups is 1. The number of rotatable bonds is 7. The lowest BCUT2D eigenvalue weighted by Crippen LogP contribution is -2.29. The highest BCUT2D eigenvalue weighted by Crippen LogP contribution is 2.43. The van der Waals surface area contributed by atoms with Crippen molar-refractivity contribution in [1.82, 2.24) is 0 Å². The molecule has 3 aromatic carbocycles. The second-order valence-electron chi connectivity index (χ2n) is 8.30. The quantitative estimate of drug-likeness (QED) is 0.249. The van der Waals surface area contributed by atoms with Gasteiger partial charge in [-0.25, -0.2) is 0 Å². The van der Waals surface area contributed by atoms with Crippen molar-refractivity contribution in [3.8, 4) is 11.5 Å². The third kappa shape index (κ3) is 4.50. The second kappa shape index (κ2) is 10.3. The second-order valence-corrected chi connectivity index (χ2v) is 8.70. The van der Waals surface area contributed by atoms with E-state index in [1.165, 1.54) is 30.2 Å². The number of halogens is 1. The summed E-state index contributed by atoms with van der Waals surface area (Å²) in [5.74, 6) is -1.54. The summed E-state index contributed by atoms with van der Waals surface area (Å²) < 4.78 is 5.25. The molecular formula is C28H27ClN2O5. The topological polar surface area (TPSA) is 90.3 Å². The minimum absolute atomic E-state index is 0.0371. The summed E-state index contributed by atoms with van der Waals surface area (Å²) in [6.45, 7) is 5.78. The molecule has 1 aliphatic rings. The Bertz CT molecular complexity index is 1310. The minimum atomic E-state index is -0.938. The number of carbonyl (C=O) groups is 2. The van der Waals surface area contributed by atoms with E-state index in [-0.39, 0.29) is 21.9 Å². The number of hydrogen-bond acceptors (Lipinski definition) is 6. The highest BCUT2D eigenvalue weighted by molar-refractivity contribution is 6.52. The first kappa shape index (κ1) is 25.1. The number of ketones is 1. The third-order valence-corrected chi connectivity index (χ3v) is 6.67. The van der Waals surface area contributed by atoms with Crippen molar-refractivity contribution in [1.29, 1.82) is 0 Å². The normalized spacial score (nSPS) is 16.9. The molecule has 0 aromatic heterocycles. The van der Waals surface area contributed by atoms with Crippen LogP contribution in [0.5, 0.6) is 11.5 Å². The van der Waals surface area contributed by atoms with E-state index in [4.69, 9.17) is 16.3 Å². The van der Waals surface area contributed by atoms with Crippen molar-refractivity contribution >= 4 is 40.4 Å². The van der Waals surface area contributed by atoms with Crippen molar-refractivity contribution in [3.05, 3.63) is 88.5 Å². The van der Waals surface area contributed by atoms with Crippen LogP contribution < -0.4 is 14.5 Å². The molecule has 0 spiro atoms. The fourth-order valence-corrected chi connectivity index (χ4v) is 4.65. The van der Waals surface area contributed by atoms with Crippen molar-refractivity contribution in [2.24, 2.45) is 0 Å². The Hall–Kier alpha value is -3.97. The van der Waals surface area contributed by atoms with Crippen LogP contribution >= 0.6 is 11.6 Å². The van der Waals surface area contributed by atoms with Crippen LogP contribution in [0.25, 0.3) is 5.76 Å². The Morgan fingerprint density at radius 2 is 1.64 bits per heavy atom. The van der Waals surface area contributed by atoms with E-state index < -0.39 is 23.5 Å². The number of phenols is 1. The number of amides is 1. The maximum absolute atomic E-state index is 13.4. The van der Waals surface area contributed by atoms with Crippen molar-refractivity contribution in [3.63, 3.8) is 0 Å². The summed E-state index contributed by atoms with van der Waals surface area (Å²) in [5, 5.41) is 21.3. The SMILES string of the molecule is CCN(CC)c1ccc(N2C(=O)C(=O)/C(=C(/O)c3cc(OC)ccc3Cl)C2c2ccc(O)cc2)cc1. The van der Waals surface area contributed by atoms with E-state index in [1.54, 1.807) is 36.4 Å². The predicted molar refractivity (Wildman–Crippen MR) is 141 cm³/mol. The van der Waals surface area contributed by atoms with E-state index in [0.717, 1.165) is 18.8 Å². The number of benzene rings is 3. The fourth-order valence-electron chi connectivity index (χ4n) is 4.44. The summed E-state index contributed by atoms with van der Waals surface area (Å²) in [5.41, 5.74) is 2.11. The van der Waals surface area contributed by atoms with E-state index >= 15 is 0 Å². The third-order valence-electron chi connectivity index (χ3n) is 6.34. The number of Topliss-reactive ketones (excluding diaryl/α,β-unsaturated/α-hetero) is 1. The molecule has 1 aliphatic heterocycles. The summed E-state index contributed by atoms with van der Waals surface area (Å²) >= 11 is 6.36. The van der Waals surface area contributed by atoms with Crippen LogP contribution in [0.2, 0.25) is 5.02 Å². The van der Waals surface area contributed by atoms with Gasteiger partial charge in [-0.1, -0.05) is 23.7 Å². The van der Waals surface area contributed by atoms with Crippen LogP contribution in [-0.4, -0.2) is 42.1 Å². The number of aliphatic hydroxyl groups is 1. The van der Waals surface area contributed by atoms with Gasteiger partial charge in [0.1, 0.15) is 17.3 Å². The molecule has 1 saturated heterocycles. The fraction of sp³-hybridized carbons (Fsp3) is 0.214. The van der Waals surface area contributed by atoms with E-state index in [0.29, 0.717) is 17.0 Å². The zero-order valence-electron chi connectivity index (χ0n) is 20.2. The van der Waals surface area contributed by atoms with Crippen LogP contribution in [0.1, 0.15) is 31.0 Å². The minimum Gasteiger partial charge on any atom is -0.508 e. The molecule has 1 amide bonds. The lowest BCUT2D eigenvalue weighted by molar-refractivity contribution is -0.132. The maximum Gasteiger partial charge on any atom is 0.300 e. The molecule has 1 fully saturated rings. The number of aliphatic hydroxyl groups excluding tert-OH is 1. The van der Waals surface area contributed by atoms with Crippen molar-refractivity contribution in [2.75, 3.05) is 30.0 Å². The zero-order valence-corrected chi connectivity index (χ0v) is 21.0. The lowest BCUT2D eigenvalue weighted by atomic mass is 9.95. The predicted octanol–water partition coefficient (Wildman–Crippen LogP) is 5.53. The van der Waals surface area contributed by atoms with Gasteiger partial charge in [-0.15, -0.1) is 0 Å². The Morgan fingerprint density at radius 1 is 1.00 bits per heavy atom. The molecule has 4 rings (SSSR count). The van der Waals surface area contributed by atoms with Crippen molar-refractivity contribution in [2.45, 2.75) is 19.9 Å². The Labute approximate surface area is 214 Å². The number of ether oxygens (including phenoxy) is 1. The monoisotopic (exact) mass is 506 g/mol. The Morgan fingerprint density at radius 3 is 2.22 bits per heavy atom. The van der Waals surface area contributed by atoms with Crippen LogP contribution in [0, 0.1) is 0 Å². The molecule has 7 nitrogen and oxygen atoms in total. The van der Waals surface area contributed by atoms with Gasteiger partial charge < -0.3 is 19.8 Å². The van der Waals surface area contributed by atoms with Gasteiger partial charge in [-0.05, 0) is 74.0 Å². The van der Waals surface area contributed by atoms with Crippen molar-refractivity contribution < 1.29 is 24.5 Å². The van der Waals surface area contributed by atoms with Gasteiger partial charge in [0.15, 0.2) is 0 Å². The molecule has 0 radical (unpaired) electrons. The molecule has 3 aromatic rings. The van der Waals surface area contributed by atoms with Crippen LogP contribution in [0.3, 0.4) is 0 Å². The Balaban J connectivity index is 1.90. The molecule has 2 N–H and O–H groups in total. The molecule has 0 bridgehead atoms.